The van der Waals surface area contributed by atoms with Gasteiger partial charge in [-0.2, -0.15) is 18.2 Å². The topological polar surface area (TPSA) is 35.5 Å². The molecule has 1 aromatic rings. The maximum absolute atomic E-state index is 12.9. The fourth-order valence-corrected chi connectivity index (χ4v) is 3.62. The molecule has 0 aliphatic carbocycles. The summed E-state index contributed by atoms with van der Waals surface area (Å²) < 4.78 is 24.2. The standard InChI is InChI=1S/C13H22O3P.Fe/c1-12(2,3)15-17(14,16-13(4,5)6)11-9-7-8-10-11;/h7-10H,1-6H3;/q-1;. The Kier molecular flexibility index (Phi) is 5.99. The number of rotatable bonds is 3. The van der Waals surface area contributed by atoms with Gasteiger partial charge in [0.05, 0.1) is 11.2 Å². The average Bonchev–Trinajstić information content (AvgIpc) is 2.45. The second-order valence-corrected chi connectivity index (χ2v) is 7.92. The van der Waals surface area contributed by atoms with Crippen molar-refractivity contribution in [3.05, 3.63) is 24.3 Å². The molecule has 0 amide bonds. The molecule has 0 bridgehead atoms. The van der Waals surface area contributed by atoms with E-state index in [0.29, 0.717) is 5.30 Å². The molecule has 3 nitrogen and oxygen atoms in total. The second kappa shape index (κ2) is 5.98. The molecule has 0 saturated carbocycles. The van der Waals surface area contributed by atoms with Gasteiger partial charge in [-0.25, -0.2) is 6.07 Å². The predicted octanol–water partition coefficient (Wildman–Crippen LogP) is 3.85. The van der Waals surface area contributed by atoms with Crippen LogP contribution in [0.3, 0.4) is 0 Å². The van der Waals surface area contributed by atoms with Gasteiger partial charge in [0.2, 0.25) is 0 Å². The summed E-state index contributed by atoms with van der Waals surface area (Å²) >= 11 is 0. The van der Waals surface area contributed by atoms with E-state index in [1.165, 1.54) is 0 Å². The van der Waals surface area contributed by atoms with E-state index >= 15 is 0 Å². The molecule has 5 heteroatoms. The van der Waals surface area contributed by atoms with Crippen LogP contribution in [0.25, 0.3) is 0 Å². The molecule has 18 heavy (non-hydrogen) atoms. The molecule has 0 radical (unpaired) electrons. The van der Waals surface area contributed by atoms with E-state index < -0.39 is 18.8 Å². The zero-order chi connectivity index (χ0) is 13.3. The fourth-order valence-electron chi connectivity index (χ4n) is 1.39. The van der Waals surface area contributed by atoms with Crippen LogP contribution in [0.5, 0.6) is 0 Å². The molecule has 0 spiro atoms. The van der Waals surface area contributed by atoms with Crippen molar-refractivity contribution in [3.8, 4) is 0 Å². The van der Waals surface area contributed by atoms with Crippen LogP contribution >= 0.6 is 7.60 Å². The van der Waals surface area contributed by atoms with Gasteiger partial charge in [-0.1, -0.05) is 5.30 Å². The maximum Gasteiger partial charge on any atom is 0.337 e. The smallest absolute Gasteiger partial charge is 0.301 e. The minimum Gasteiger partial charge on any atom is -0.301 e. The number of hydrogen-bond donors (Lipinski definition) is 0. The van der Waals surface area contributed by atoms with Crippen molar-refractivity contribution in [2.75, 3.05) is 0 Å². The molecule has 0 N–H and O–H groups in total. The summed E-state index contributed by atoms with van der Waals surface area (Å²) in [5.41, 5.74) is -1.03. The Morgan fingerprint density at radius 2 is 1.50 bits per heavy atom. The first-order valence-corrected chi connectivity index (χ1v) is 7.30. The molecular weight excluding hydrogens is 291 g/mol. The molecule has 106 valence electrons. The molecule has 0 fully saturated rings. The van der Waals surface area contributed by atoms with Crippen molar-refractivity contribution < 1.29 is 30.7 Å². The quantitative estimate of drug-likeness (QED) is 0.483. The van der Waals surface area contributed by atoms with E-state index in [9.17, 15) is 4.57 Å². The minimum atomic E-state index is -3.27. The Hall–Kier alpha value is 0.0195. The van der Waals surface area contributed by atoms with Crippen molar-refractivity contribution >= 4 is 12.9 Å². The maximum atomic E-state index is 12.9. The van der Waals surface area contributed by atoms with Crippen LogP contribution in [0.15, 0.2) is 24.3 Å². The van der Waals surface area contributed by atoms with Crippen molar-refractivity contribution in [3.63, 3.8) is 0 Å². The van der Waals surface area contributed by atoms with Gasteiger partial charge in [0.1, 0.15) is 0 Å². The normalized spacial score (nSPS) is 13.2. The molecule has 0 unspecified atom stereocenters. The van der Waals surface area contributed by atoms with Gasteiger partial charge in [-0.05, 0) is 41.5 Å². The van der Waals surface area contributed by atoms with Gasteiger partial charge < -0.3 is 9.05 Å². The van der Waals surface area contributed by atoms with Gasteiger partial charge in [0.15, 0.2) is 0 Å². The van der Waals surface area contributed by atoms with Crippen LogP contribution in [0, 0.1) is 0 Å². The van der Waals surface area contributed by atoms with Crippen LogP contribution < -0.4 is 5.30 Å². The minimum absolute atomic E-state index is 0. The summed E-state index contributed by atoms with van der Waals surface area (Å²) in [5, 5.41) is 0.613. The van der Waals surface area contributed by atoms with Crippen LogP contribution in [-0.2, 0) is 30.7 Å². The first-order valence-electron chi connectivity index (χ1n) is 5.76. The monoisotopic (exact) mass is 313 g/mol. The van der Waals surface area contributed by atoms with Crippen molar-refractivity contribution in [2.45, 2.75) is 52.7 Å². The Morgan fingerprint density at radius 1 is 1.06 bits per heavy atom. The van der Waals surface area contributed by atoms with Crippen LogP contribution in [0.4, 0.5) is 0 Å². The molecule has 0 heterocycles. The summed E-state index contributed by atoms with van der Waals surface area (Å²) in [7, 11) is -3.27. The average molecular weight is 313 g/mol. The van der Waals surface area contributed by atoms with Crippen LogP contribution in [-0.4, -0.2) is 11.2 Å². The van der Waals surface area contributed by atoms with E-state index in [2.05, 4.69) is 0 Å². The van der Waals surface area contributed by atoms with Gasteiger partial charge in [-0.15, -0.1) is 0 Å². The summed E-state index contributed by atoms with van der Waals surface area (Å²) in [5.74, 6) is 0. The fraction of sp³-hybridized carbons (Fsp3) is 0.615. The van der Waals surface area contributed by atoms with E-state index in [1.54, 1.807) is 12.1 Å². The summed E-state index contributed by atoms with van der Waals surface area (Å²) in [6.07, 6.45) is 0. The van der Waals surface area contributed by atoms with Gasteiger partial charge in [0, 0.05) is 17.1 Å². The molecule has 0 atom stereocenters. The molecule has 0 aliphatic heterocycles. The van der Waals surface area contributed by atoms with Gasteiger partial charge in [-0.3, -0.25) is 4.57 Å². The largest absolute Gasteiger partial charge is 0.337 e. The summed E-state index contributed by atoms with van der Waals surface area (Å²) in [6.45, 7) is 11.2. The van der Waals surface area contributed by atoms with Crippen LogP contribution in [0.2, 0.25) is 0 Å². The van der Waals surface area contributed by atoms with Crippen molar-refractivity contribution in [1.82, 2.24) is 0 Å². The summed E-state index contributed by atoms with van der Waals surface area (Å²) in [6, 6.07) is 7.22. The van der Waals surface area contributed by atoms with Crippen LogP contribution in [0.1, 0.15) is 41.5 Å². The first-order chi connectivity index (χ1) is 7.52. The molecule has 0 aromatic heterocycles. The zero-order valence-electron chi connectivity index (χ0n) is 11.8. The van der Waals surface area contributed by atoms with Gasteiger partial charge in [0.25, 0.3) is 0 Å². The molecular formula is C13H22FeO3P-. The third-order valence-electron chi connectivity index (χ3n) is 1.75. The Bertz CT molecular complexity index is 379. The summed E-state index contributed by atoms with van der Waals surface area (Å²) in [4.78, 5) is 0. The Balaban J connectivity index is 0.00000289. The Morgan fingerprint density at radius 3 is 1.78 bits per heavy atom. The zero-order valence-corrected chi connectivity index (χ0v) is 13.8. The number of hydrogen-bond acceptors (Lipinski definition) is 3. The third-order valence-corrected chi connectivity index (χ3v) is 4.26. The van der Waals surface area contributed by atoms with E-state index in [-0.39, 0.29) is 17.1 Å². The van der Waals surface area contributed by atoms with E-state index in [1.807, 2.05) is 53.7 Å². The van der Waals surface area contributed by atoms with E-state index in [4.69, 9.17) is 9.05 Å². The van der Waals surface area contributed by atoms with E-state index in [0.717, 1.165) is 0 Å². The van der Waals surface area contributed by atoms with Crippen molar-refractivity contribution in [1.29, 1.82) is 0 Å². The van der Waals surface area contributed by atoms with Gasteiger partial charge >= 0.3 is 7.60 Å². The SMILES string of the molecule is CC(C)(C)OP(=O)(OC(C)(C)C)c1ccc[cH-]1.[Fe]. The Labute approximate surface area is 121 Å². The second-order valence-electron chi connectivity index (χ2n) is 6.05. The molecule has 0 saturated heterocycles. The first kappa shape index (κ1) is 18.0. The molecule has 1 aromatic carbocycles. The van der Waals surface area contributed by atoms with Crippen molar-refractivity contribution in [2.24, 2.45) is 0 Å². The third kappa shape index (κ3) is 5.77. The molecule has 1 rings (SSSR count). The molecule has 0 aliphatic rings. The predicted molar refractivity (Wildman–Crippen MR) is 71.0 cm³/mol.